The Kier molecular flexibility index (Phi) is 3.64. The van der Waals surface area contributed by atoms with Crippen molar-refractivity contribution in [3.05, 3.63) is 40.9 Å². The summed E-state index contributed by atoms with van der Waals surface area (Å²) in [5.41, 5.74) is 6.80. The summed E-state index contributed by atoms with van der Waals surface area (Å²) < 4.78 is 5.81. The van der Waals surface area contributed by atoms with Gasteiger partial charge in [-0.3, -0.25) is 0 Å². The minimum atomic E-state index is 0.456. The zero-order valence-electron chi connectivity index (χ0n) is 10.0. The monoisotopic (exact) mass is 248 g/mol. The van der Waals surface area contributed by atoms with E-state index in [1.807, 2.05) is 18.2 Å². The predicted octanol–water partition coefficient (Wildman–Crippen LogP) is 3.43. The first-order valence-electron chi connectivity index (χ1n) is 5.58. The van der Waals surface area contributed by atoms with Crippen LogP contribution < -0.4 is 10.5 Å². The van der Waals surface area contributed by atoms with Crippen LogP contribution in [0.15, 0.2) is 30.5 Å². The van der Waals surface area contributed by atoms with Crippen molar-refractivity contribution in [3.8, 4) is 5.75 Å². The highest BCUT2D eigenvalue weighted by Crippen LogP contribution is 2.27. The Morgan fingerprint density at radius 1 is 1.35 bits per heavy atom. The van der Waals surface area contributed by atoms with Crippen LogP contribution in [-0.2, 0) is 6.61 Å². The molecular weight excluding hydrogens is 232 g/mol. The average Bonchev–Trinajstić information content (AvgIpc) is 2.73. The van der Waals surface area contributed by atoms with Gasteiger partial charge >= 0.3 is 0 Å². The van der Waals surface area contributed by atoms with Gasteiger partial charge in [0.2, 0.25) is 0 Å². The van der Waals surface area contributed by atoms with E-state index in [1.54, 1.807) is 6.20 Å². The van der Waals surface area contributed by atoms with Gasteiger partial charge in [-0.05, 0) is 17.5 Å². The smallest absolute Gasteiger partial charge is 0.180 e. The summed E-state index contributed by atoms with van der Waals surface area (Å²) in [6.45, 7) is 4.85. The molecule has 1 heterocycles. The van der Waals surface area contributed by atoms with Crippen molar-refractivity contribution in [2.45, 2.75) is 26.4 Å². The fraction of sp³-hybridized carbons (Fsp3) is 0.308. The number of benzene rings is 1. The van der Waals surface area contributed by atoms with Crippen LogP contribution in [0.25, 0.3) is 0 Å². The van der Waals surface area contributed by atoms with Crippen molar-refractivity contribution in [1.29, 1.82) is 0 Å². The molecule has 2 aromatic rings. The first-order valence-corrected chi connectivity index (χ1v) is 6.40. The molecule has 0 aliphatic heterocycles. The summed E-state index contributed by atoms with van der Waals surface area (Å²) in [6, 6.07) is 8.12. The van der Waals surface area contributed by atoms with Gasteiger partial charge in [0.1, 0.15) is 12.4 Å². The molecular formula is C13H16N2OS. The summed E-state index contributed by atoms with van der Waals surface area (Å²) in [7, 11) is 0. The number of ether oxygens (including phenoxy) is 1. The van der Waals surface area contributed by atoms with E-state index in [0.29, 0.717) is 17.7 Å². The lowest BCUT2D eigenvalue weighted by atomic mass is 10.0. The van der Waals surface area contributed by atoms with Crippen molar-refractivity contribution >= 4 is 16.5 Å². The lowest BCUT2D eigenvalue weighted by Crippen LogP contribution is -1.98. The molecule has 0 unspecified atom stereocenters. The van der Waals surface area contributed by atoms with Crippen molar-refractivity contribution < 1.29 is 4.74 Å². The molecule has 0 amide bonds. The topological polar surface area (TPSA) is 48.1 Å². The SMILES string of the molecule is CC(C)c1ccccc1OCc1cnc(N)s1. The Balaban J connectivity index is 2.08. The second-order valence-corrected chi connectivity index (χ2v) is 5.29. The van der Waals surface area contributed by atoms with E-state index >= 15 is 0 Å². The maximum atomic E-state index is 5.81. The van der Waals surface area contributed by atoms with Crippen LogP contribution in [-0.4, -0.2) is 4.98 Å². The Morgan fingerprint density at radius 2 is 2.12 bits per heavy atom. The first kappa shape index (κ1) is 11.9. The summed E-state index contributed by atoms with van der Waals surface area (Å²) in [6.07, 6.45) is 1.76. The van der Waals surface area contributed by atoms with E-state index in [-0.39, 0.29) is 0 Å². The minimum absolute atomic E-state index is 0.456. The summed E-state index contributed by atoms with van der Waals surface area (Å²) >= 11 is 1.46. The molecule has 0 atom stereocenters. The third-order valence-electron chi connectivity index (χ3n) is 2.48. The number of hydrogen-bond donors (Lipinski definition) is 1. The van der Waals surface area contributed by atoms with E-state index in [9.17, 15) is 0 Å². The number of nitrogen functional groups attached to an aromatic ring is 1. The highest BCUT2D eigenvalue weighted by atomic mass is 32.1. The second-order valence-electron chi connectivity index (χ2n) is 4.15. The largest absolute Gasteiger partial charge is 0.488 e. The molecule has 17 heavy (non-hydrogen) atoms. The molecule has 0 aliphatic rings. The molecule has 0 aliphatic carbocycles. The maximum absolute atomic E-state index is 5.81. The highest BCUT2D eigenvalue weighted by Gasteiger charge is 2.07. The van der Waals surface area contributed by atoms with Gasteiger partial charge in [-0.2, -0.15) is 0 Å². The van der Waals surface area contributed by atoms with E-state index in [0.717, 1.165) is 10.6 Å². The molecule has 0 radical (unpaired) electrons. The number of rotatable bonds is 4. The third kappa shape index (κ3) is 2.97. The van der Waals surface area contributed by atoms with Crippen LogP contribution in [0.2, 0.25) is 0 Å². The molecule has 2 rings (SSSR count). The van der Waals surface area contributed by atoms with Crippen molar-refractivity contribution in [2.24, 2.45) is 0 Å². The number of aromatic nitrogens is 1. The van der Waals surface area contributed by atoms with Gasteiger partial charge in [-0.1, -0.05) is 43.4 Å². The molecule has 3 nitrogen and oxygen atoms in total. The zero-order valence-corrected chi connectivity index (χ0v) is 10.8. The molecule has 4 heteroatoms. The zero-order chi connectivity index (χ0) is 12.3. The Hall–Kier alpha value is -1.55. The van der Waals surface area contributed by atoms with Gasteiger partial charge in [0.05, 0.1) is 4.88 Å². The Labute approximate surface area is 105 Å². The molecule has 0 saturated heterocycles. The fourth-order valence-electron chi connectivity index (χ4n) is 1.63. The first-order chi connectivity index (χ1) is 8.16. The quantitative estimate of drug-likeness (QED) is 0.901. The number of para-hydroxylation sites is 1. The third-order valence-corrected chi connectivity index (χ3v) is 3.28. The molecule has 0 fully saturated rings. The Morgan fingerprint density at radius 3 is 2.76 bits per heavy atom. The van der Waals surface area contributed by atoms with E-state index in [1.165, 1.54) is 16.9 Å². The minimum Gasteiger partial charge on any atom is -0.488 e. The lowest BCUT2D eigenvalue weighted by molar-refractivity contribution is 0.305. The van der Waals surface area contributed by atoms with Gasteiger partial charge in [0.25, 0.3) is 0 Å². The van der Waals surface area contributed by atoms with Crippen LogP contribution in [0.3, 0.4) is 0 Å². The summed E-state index contributed by atoms with van der Waals surface area (Å²) in [4.78, 5) is 5.05. The van der Waals surface area contributed by atoms with Gasteiger partial charge in [0, 0.05) is 6.20 Å². The van der Waals surface area contributed by atoms with E-state index in [2.05, 4.69) is 24.9 Å². The maximum Gasteiger partial charge on any atom is 0.180 e. The standard InChI is InChI=1S/C13H16N2OS/c1-9(2)11-5-3-4-6-12(11)16-8-10-7-15-13(14)17-10/h3-7,9H,8H2,1-2H3,(H2,14,15). The molecule has 1 aromatic carbocycles. The molecule has 0 spiro atoms. The molecule has 0 saturated carbocycles. The van der Waals surface area contributed by atoms with Crippen molar-refractivity contribution in [3.63, 3.8) is 0 Å². The molecule has 90 valence electrons. The lowest BCUT2D eigenvalue weighted by Gasteiger charge is -2.12. The highest BCUT2D eigenvalue weighted by molar-refractivity contribution is 7.15. The number of nitrogens with zero attached hydrogens (tertiary/aromatic N) is 1. The van der Waals surface area contributed by atoms with Gasteiger partial charge in [0.15, 0.2) is 5.13 Å². The summed E-state index contributed by atoms with van der Waals surface area (Å²) in [5, 5.41) is 0.584. The average molecular weight is 248 g/mol. The number of anilines is 1. The fourth-order valence-corrected chi connectivity index (χ4v) is 2.22. The van der Waals surface area contributed by atoms with Gasteiger partial charge in [-0.15, -0.1) is 0 Å². The van der Waals surface area contributed by atoms with Crippen molar-refractivity contribution in [2.75, 3.05) is 5.73 Å². The van der Waals surface area contributed by atoms with Crippen LogP contribution in [0.5, 0.6) is 5.75 Å². The predicted molar refractivity (Wildman–Crippen MR) is 71.4 cm³/mol. The van der Waals surface area contributed by atoms with Crippen molar-refractivity contribution in [1.82, 2.24) is 4.98 Å². The number of hydrogen-bond acceptors (Lipinski definition) is 4. The number of thiazole rings is 1. The molecule has 2 N–H and O–H groups in total. The Bertz CT molecular complexity index is 494. The summed E-state index contributed by atoms with van der Waals surface area (Å²) in [5.74, 6) is 1.40. The molecule has 1 aromatic heterocycles. The number of nitrogens with two attached hydrogens (primary N) is 1. The van der Waals surface area contributed by atoms with Gasteiger partial charge in [-0.25, -0.2) is 4.98 Å². The normalized spacial score (nSPS) is 10.8. The van der Waals surface area contributed by atoms with Crippen LogP contribution >= 0.6 is 11.3 Å². The molecule has 0 bridgehead atoms. The van der Waals surface area contributed by atoms with E-state index in [4.69, 9.17) is 10.5 Å². The second kappa shape index (κ2) is 5.19. The van der Waals surface area contributed by atoms with E-state index < -0.39 is 0 Å². The van der Waals surface area contributed by atoms with Crippen LogP contribution in [0.1, 0.15) is 30.2 Å². The van der Waals surface area contributed by atoms with Crippen LogP contribution in [0, 0.1) is 0 Å². The van der Waals surface area contributed by atoms with Crippen LogP contribution in [0.4, 0.5) is 5.13 Å². The van der Waals surface area contributed by atoms with Gasteiger partial charge < -0.3 is 10.5 Å².